The molecule has 3 atom stereocenters. The van der Waals surface area contributed by atoms with E-state index in [9.17, 15) is 4.79 Å². The van der Waals surface area contributed by atoms with Gasteiger partial charge in [0.15, 0.2) is 6.29 Å². The predicted octanol–water partition coefficient (Wildman–Crippen LogP) is -0.393. The standard InChI is InChI=1S/C10H15NO4/c12-9(11-1-3-13-4-2-11)7-5-8-10(15-8)14-6-7/h7-8,10H,1-6H2. The summed E-state index contributed by atoms with van der Waals surface area (Å²) < 4.78 is 15.8. The molecule has 0 radical (unpaired) electrons. The molecule has 0 aromatic carbocycles. The summed E-state index contributed by atoms with van der Waals surface area (Å²) in [4.78, 5) is 13.9. The summed E-state index contributed by atoms with van der Waals surface area (Å²) in [5.41, 5.74) is 0. The molecular formula is C10H15NO4. The molecule has 3 rings (SSSR count). The van der Waals surface area contributed by atoms with E-state index in [0.29, 0.717) is 32.9 Å². The van der Waals surface area contributed by atoms with Crippen LogP contribution in [0, 0.1) is 5.92 Å². The summed E-state index contributed by atoms with van der Waals surface area (Å²) in [5.74, 6) is 0.194. The number of amides is 1. The normalized spacial score (nSPS) is 39.7. The van der Waals surface area contributed by atoms with Crippen LogP contribution in [0.3, 0.4) is 0 Å². The van der Waals surface area contributed by atoms with Crippen molar-refractivity contribution >= 4 is 5.91 Å². The van der Waals surface area contributed by atoms with Crippen molar-refractivity contribution < 1.29 is 19.0 Å². The van der Waals surface area contributed by atoms with Crippen molar-refractivity contribution in [1.29, 1.82) is 0 Å². The highest BCUT2D eigenvalue weighted by Gasteiger charge is 2.48. The number of hydrogen-bond donors (Lipinski definition) is 0. The first-order chi connectivity index (χ1) is 7.34. The summed E-state index contributed by atoms with van der Waals surface area (Å²) in [5, 5.41) is 0. The zero-order valence-corrected chi connectivity index (χ0v) is 8.55. The second-order valence-corrected chi connectivity index (χ2v) is 4.25. The number of carbonyl (C=O) groups is 1. The van der Waals surface area contributed by atoms with Crippen LogP contribution in [0.4, 0.5) is 0 Å². The Morgan fingerprint density at radius 2 is 2.07 bits per heavy atom. The fourth-order valence-corrected chi connectivity index (χ4v) is 2.21. The first kappa shape index (κ1) is 9.57. The molecule has 5 nitrogen and oxygen atoms in total. The average Bonchev–Trinajstić information content (AvgIpc) is 3.07. The zero-order valence-electron chi connectivity index (χ0n) is 8.55. The molecule has 3 heterocycles. The molecular weight excluding hydrogens is 198 g/mol. The highest BCUT2D eigenvalue weighted by Crippen LogP contribution is 2.35. The van der Waals surface area contributed by atoms with Gasteiger partial charge in [-0.1, -0.05) is 0 Å². The molecule has 1 amide bonds. The Morgan fingerprint density at radius 3 is 2.80 bits per heavy atom. The van der Waals surface area contributed by atoms with Crippen LogP contribution >= 0.6 is 0 Å². The van der Waals surface area contributed by atoms with Gasteiger partial charge in [0, 0.05) is 13.1 Å². The highest BCUT2D eigenvalue weighted by molar-refractivity contribution is 5.79. The number of morpholine rings is 1. The Hall–Kier alpha value is -0.650. The van der Waals surface area contributed by atoms with E-state index in [1.165, 1.54) is 0 Å². The lowest BCUT2D eigenvalue weighted by Gasteiger charge is -2.30. The second kappa shape index (κ2) is 3.73. The van der Waals surface area contributed by atoms with Crippen LogP contribution in [0.1, 0.15) is 6.42 Å². The van der Waals surface area contributed by atoms with Gasteiger partial charge in [-0.15, -0.1) is 0 Å². The number of nitrogens with zero attached hydrogens (tertiary/aromatic N) is 1. The van der Waals surface area contributed by atoms with Crippen LogP contribution < -0.4 is 0 Å². The predicted molar refractivity (Wildman–Crippen MR) is 50.1 cm³/mol. The van der Waals surface area contributed by atoms with E-state index >= 15 is 0 Å². The first-order valence-corrected chi connectivity index (χ1v) is 5.48. The maximum atomic E-state index is 12.1. The molecule has 3 unspecified atom stereocenters. The SMILES string of the molecule is O=C(C1COC2OC2C1)N1CCOCC1. The molecule has 3 aliphatic heterocycles. The molecule has 0 N–H and O–H groups in total. The van der Waals surface area contributed by atoms with Crippen molar-refractivity contribution in [3.05, 3.63) is 0 Å². The molecule has 0 saturated carbocycles. The van der Waals surface area contributed by atoms with Gasteiger partial charge < -0.3 is 19.1 Å². The molecule has 3 saturated heterocycles. The van der Waals surface area contributed by atoms with Crippen molar-refractivity contribution in [2.75, 3.05) is 32.9 Å². The summed E-state index contributed by atoms with van der Waals surface area (Å²) in [7, 11) is 0. The smallest absolute Gasteiger partial charge is 0.228 e. The highest BCUT2D eigenvalue weighted by atomic mass is 16.8. The minimum atomic E-state index is -0.0151. The van der Waals surface area contributed by atoms with Crippen LogP contribution in [0.25, 0.3) is 0 Å². The van der Waals surface area contributed by atoms with Gasteiger partial charge in [0.1, 0.15) is 6.10 Å². The average molecular weight is 213 g/mol. The van der Waals surface area contributed by atoms with Crippen molar-refractivity contribution in [2.45, 2.75) is 18.8 Å². The van der Waals surface area contributed by atoms with Gasteiger partial charge in [0.05, 0.1) is 25.7 Å². The van der Waals surface area contributed by atoms with Crippen LogP contribution in [0.2, 0.25) is 0 Å². The van der Waals surface area contributed by atoms with Crippen LogP contribution in [-0.2, 0) is 19.0 Å². The number of epoxide rings is 1. The number of fused-ring (bicyclic) bond motifs is 1. The van der Waals surface area contributed by atoms with Gasteiger partial charge in [-0.3, -0.25) is 4.79 Å². The van der Waals surface area contributed by atoms with E-state index in [1.807, 2.05) is 4.90 Å². The Kier molecular flexibility index (Phi) is 2.38. The lowest BCUT2D eigenvalue weighted by Crippen LogP contribution is -2.45. The Bertz CT molecular complexity index is 264. The third-order valence-corrected chi connectivity index (χ3v) is 3.19. The van der Waals surface area contributed by atoms with Crippen molar-refractivity contribution in [3.63, 3.8) is 0 Å². The minimum Gasteiger partial charge on any atom is -0.378 e. The van der Waals surface area contributed by atoms with Gasteiger partial charge in [-0.25, -0.2) is 0 Å². The molecule has 5 heteroatoms. The fraction of sp³-hybridized carbons (Fsp3) is 0.900. The number of carbonyl (C=O) groups excluding carboxylic acids is 1. The van der Waals surface area contributed by atoms with Crippen molar-refractivity contribution in [2.24, 2.45) is 5.92 Å². The van der Waals surface area contributed by atoms with Gasteiger partial charge in [0.2, 0.25) is 5.91 Å². The van der Waals surface area contributed by atoms with Crippen LogP contribution in [-0.4, -0.2) is 56.1 Å². The van der Waals surface area contributed by atoms with Gasteiger partial charge in [-0.05, 0) is 6.42 Å². The fourth-order valence-electron chi connectivity index (χ4n) is 2.21. The number of ether oxygens (including phenoxy) is 3. The largest absolute Gasteiger partial charge is 0.378 e. The van der Waals surface area contributed by atoms with Gasteiger partial charge in [-0.2, -0.15) is 0 Å². The molecule has 0 aromatic rings. The quantitative estimate of drug-likeness (QED) is 0.556. The second-order valence-electron chi connectivity index (χ2n) is 4.25. The van der Waals surface area contributed by atoms with Gasteiger partial charge >= 0.3 is 0 Å². The van der Waals surface area contributed by atoms with E-state index in [0.717, 1.165) is 6.42 Å². The van der Waals surface area contributed by atoms with E-state index in [-0.39, 0.29) is 24.2 Å². The molecule has 0 aliphatic carbocycles. The molecule has 84 valence electrons. The van der Waals surface area contributed by atoms with Crippen molar-refractivity contribution in [1.82, 2.24) is 4.90 Å². The van der Waals surface area contributed by atoms with Crippen LogP contribution in [0.5, 0.6) is 0 Å². The molecule has 0 bridgehead atoms. The van der Waals surface area contributed by atoms with E-state index in [4.69, 9.17) is 14.2 Å². The van der Waals surface area contributed by atoms with Gasteiger partial charge in [0.25, 0.3) is 0 Å². The number of rotatable bonds is 1. The topological polar surface area (TPSA) is 51.3 Å². The molecule has 3 fully saturated rings. The number of hydrogen-bond acceptors (Lipinski definition) is 4. The van der Waals surface area contributed by atoms with Crippen molar-refractivity contribution in [3.8, 4) is 0 Å². The lowest BCUT2D eigenvalue weighted by molar-refractivity contribution is -0.143. The Morgan fingerprint density at radius 1 is 1.27 bits per heavy atom. The Balaban J connectivity index is 1.58. The molecule has 0 spiro atoms. The van der Waals surface area contributed by atoms with E-state index in [1.54, 1.807) is 0 Å². The zero-order chi connectivity index (χ0) is 10.3. The molecule has 15 heavy (non-hydrogen) atoms. The van der Waals surface area contributed by atoms with E-state index < -0.39 is 0 Å². The molecule has 0 aromatic heterocycles. The molecule has 3 aliphatic rings. The first-order valence-electron chi connectivity index (χ1n) is 5.48. The minimum absolute atomic E-state index is 0.00755. The third-order valence-electron chi connectivity index (χ3n) is 3.19. The maximum Gasteiger partial charge on any atom is 0.228 e. The lowest BCUT2D eigenvalue weighted by atomic mass is 10.0. The summed E-state index contributed by atoms with van der Waals surface area (Å²) in [6, 6.07) is 0. The third kappa shape index (κ3) is 1.87. The monoisotopic (exact) mass is 213 g/mol. The van der Waals surface area contributed by atoms with E-state index in [2.05, 4.69) is 0 Å². The Labute approximate surface area is 88.3 Å². The maximum absolute atomic E-state index is 12.1. The summed E-state index contributed by atoms with van der Waals surface area (Å²) >= 11 is 0. The van der Waals surface area contributed by atoms with Crippen LogP contribution in [0.15, 0.2) is 0 Å². The summed E-state index contributed by atoms with van der Waals surface area (Å²) in [6.07, 6.45) is 0.980. The summed E-state index contributed by atoms with van der Waals surface area (Å²) in [6.45, 7) is 3.25.